The molecule has 0 aromatic carbocycles. The topological polar surface area (TPSA) is 0 Å². The molecule has 0 aliphatic heterocycles. The van der Waals surface area contributed by atoms with E-state index in [9.17, 15) is 0 Å². The van der Waals surface area contributed by atoms with Gasteiger partial charge in [0.05, 0.1) is 5.00 Å². The maximum absolute atomic E-state index is 5.86. The Kier molecular flexibility index (Phi) is 4.95. The Balaban J connectivity index is 3.70. The van der Waals surface area contributed by atoms with Crippen LogP contribution in [0.2, 0.25) is 6.04 Å². The number of alkyl halides is 2. The highest BCUT2D eigenvalue weighted by Crippen LogP contribution is 2.28. The second kappa shape index (κ2) is 4.30. The highest BCUT2D eigenvalue weighted by Gasteiger charge is 2.33. The summed E-state index contributed by atoms with van der Waals surface area (Å²) in [7, 11) is 0. The summed E-state index contributed by atoms with van der Waals surface area (Å²) in [5.74, 6) is 0.496. The Morgan fingerprint density at radius 3 is 2.00 bits per heavy atom. The standard InChI is InChI=1S/C4H8Cl4Si/c1-4(6)9(7,8)3-2-5/h4H,2-3H2,1H3. The van der Waals surface area contributed by atoms with E-state index in [0.717, 1.165) is 0 Å². The fourth-order valence-corrected chi connectivity index (χ4v) is 3.34. The molecule has 0 amide bonds. The van der Waals surface area contributed by atoms with Gasteiger partial charge in [0.15, 0.2) is 0 Å². The highest BCUT2D eigenvalue weighted by atomic mass is 35.7. The average molecular weight is 226 g/mol. The Hall–Kier alpha value is 1.38. The van der Waals surface area contributed by atoms with Crippen molar-refractivity contribution in [3.8, 4) is 0 Å². The average Bonchev–Trinajstić information content (AvgIpc) is 1.65. The van der Waals surface area contributed by atoms with E-state index in [0.29, 0.717) is 11.9 Å². The van der Waals surface area contributed by atoms with E-state index in [2.05, 4.69) is 0 Å². The molecule has 0 heterocycles. The number of halogens is 4. The first-order valence-electron chi connectivity index (χ1n) is 2.58. The summed E-state index contributed by atoms with van der Waals surface area (Å²) < 4.78 is 0. The van der Waals surface area contributed by atoms with Crippen LogP contribution in [-0.2, 0) is 0 Å². The van der Waals surface area contributed by atoms with Gasteiger partial charge in [-0.1, -0.05) is 0 Å². The van der Waals surface area contributed by atoms with Crippen LogP contribution in [0.3, 0.4) is 0 Å². The van der Waals surface area contributed by atoms with Gasteiger partial charge in [0, 0.05) is 5.88 Å². The summed E-state index contributed by atoms with van der Waals surface area (Å²) >= 11 is 22.8. The van der Waals surface area contributed by atoms with Crippen molar-refractivity contribution in [3.05, 3.63) is 0 Å². The van der Waals surface area contributed by atoms with Gasteiger partial charge >= 0.3 is 0 Å². The first-order valence-corrected chi connectivity index (χ1v) is 7.86. The largest absolute Gasteiger partial charge is 0.269 e. The van der Waals surface area contributed by atoms with Crippen LogP contribution < -0.4 is 0 Å². The molecule has 56 valence electrons. The lowest BCUT2D eigenvalue weighted by atomic mass is 10.9. The summed E-state index contributed by atoms with van der Waals surface area (Å²) in [5, 5.41) is -0.125. The van der Waals surface area contributed by atoms with Crippen molar-refractivity contribution in [1.82, 2.24) is 0 Å². The van der Waals surface area contributed by atoms with E-state index in [1.165, 1.54) is 0 Å². The van der Waals surface area contributed by atoms with Crippen molar-refractivity contribution in [2.24, 2.45) is 0 Å². The highest BCUT2D eigenvalue weighted by molar-refractivity contribution is 7.47. The van der Waals surface area contributed by atoms with Gasteiger partial charge in [-0.2, -0.15) is 0 Å². The molecule has 5 heteroatoms. The van der Waals surface area contributed by atoms with Crippen molar-refractivity contribution in [2.45, 2.75) is 18.0 Å². The SMILES string of the molecule is CC(Cl)[Si](Cl)(Cl)CCCl. The summed E-state index contributed by atoms with van der Waals surface area (Å²) in [5.41, 5.74) is 0. The number of hydrogen-bond donors (Lipinski definition) is 0. The van der Waals surface area contributed by atoms with Gasteiger partial charge in [0.2, 0.25) is 0 Å². The quantitative estimate of drug-likeness (QED) is 0.393. The van der Waals surface area contributed by atoms with Crippen LogP contribution in [0.25, 0.3) is 0 Å². The minimum atomic E-state index is -2.20. The first-order chi connectivity index (χ1) is 4.00. The van der Waals surface area contributed by atoms with Crippen molar-refractivity contribution in [3.63, 3.8) is 0 Å². The van der Waals surface area contributed by atoms with Crippen LogP contribution in [0.1, 0.15) is 6.92 Å². The molecule has 0 aromatic rings. The smallest absolute Gasteiger partial charge is 0.144 e. The molecule has 1 unspecified atom stereocenters. The minimum Gasteiger partial charge on any atom is -0.144 e. The Morgan fingerprint density at radius 2 is 1.89 bits per heavy atom. The number of hydrogen-bond acceptors (Lipinski definition) is 0. The van der Waals surface area contributed by atoms with Gasteiger partial charge in [-0.25, -0.2) is 0 Å². The molecule has 0 rings (SSSR count). The van der Waals surface area contributed by atoms with Crippen molar-refractivity contribution in [1.29, 1.82) is 0 Å². The maximum atomic E-state index is 5.86. The molecular formula is C4H8Cl4Si. The maximum Gasteiger partial charge on any atom is 0.269 e. The first kappa shape index (κ1) is 10.4. The van der Waals surface area contributed by atoms with Gasteiger partial charge in [-0.3, -0.25) is 0 Å². The monoisotopic (exact) mass is 224 g/mol. The van der Waals surface area contributed by atoms with Crippen LogP contribution in [0.4, 0.5) is 0 Å². The predicted octanol–water partition coefficient (Wildman–Crippen LogP) is 3.31. The molecule has 0 aliphatic rings. The summed E-state index contributed by atoms with van der Waals surface area (Å²) in [4.78, 5) is 0. The van der Waals surface area contributed by atoms with Crippen molar-refractivity contribution in [2.75, 3.05) is 5.88 Å². The van der Waals surface area contributed by atoms with E-state index < -0.39 is 6.69 Å². The minimum absolute atomic E-state index is 0.125. The van der Waals surface area contributed by atoms with Gasteiger partial charge in [0.1, 0.15) is 0 Å². The van der Waals surface area contributed by atoms with Gasteiger partial charge in [-0.05, 0) is 13.0 Å². The van der Waals surface area contributed by atoms with Crippen LogP contribution in [0, 0.1) is 0 Å². The third-order valence-electron chi connectivity index (χ3n) is 1.01. The molecule has 1 atom stereocenters. The molecule has 0 spiro atoms. The Labute approximate surface area is 75.8 Å². The lowest BCUT2D eigenvalue weighted by Gasteiger charge is -2.16. The Bertz CT molecular complexity index is 82.6. The number of rotatable bonds is 3. The van der Waals surface area contributed by atoms with Crippen molar-refractivity contribution < 1.29 is 0 Å². The molecular weight excluding hydrogens is 218 g/mol. The molecule has 0 aromatic heterocycles. The fraction of sp³-hybridized carbons (Fsp3) is 1.00. The second-order valence-electron chi connectivity index (χ2n) is 1.82. The van der Waals surface area contributed by atoms with E-state index in [1.54, 1.807) is 6.92 Å². The fourth-order valence-electron chi connectivity index (χ4n) is 0.325. The third-order valence-corrected chi connectivity index (χ3v) is 8.48. The summed E-state index contributed by atoms with van der Waals surface area (Å²) in [6.07, 6.45) is 0. The van der Waals surface area contributed by atoms with E-state index in [4.69, 9.17) is 45.4 Å². The normalized spacial score (nSPS) is 15.7. The molecule has 9 heavy (non-hydrogen) atoms. The van der Waals surface area contributed by atoms with Gasteiger partial charge < -0.3 is 0 Å². The third kappa shape index (κ3) is 3.94. The lowest BCUT2D eigenvalue weighted by Crippen LogP contribution is -2.30. The van der Waals surface area contributed by atoms with Crippen LogP contribution >= 0.6 is 45.4 Å². The molecule has 0 saturated carbocycles. The van der Waals surface area contributed by atoms with Gasteiger partial charge in [-0.15, -0.1) is 45.4 Å². The van der Waals surface area contributed by atoms with Crippen LogP contribution in [0.5, 0.6) is 0 Å². The molecule has 0 bridgehead atoms. The zero-order valence-corrected chi connectivity index (χ0v) is 9.03. The van der Waals surface area contributed by atoms with E-state index >= 15 is 0 Å². The molecule has 0 fully saturated rings. The van der Waals surface area contributed by atoms with E-state index in [-0.39, 0.29) is 5.00 Å². The summed E-state index contributed by atoms with van der Waals surface area (Å²) in [6, 6.07) is 0.655. The molecule has 0 radical (unpaired) electrons. The molecule has 0 aliphatic carbocycles. The van der Waals surface area contributed by atoms with Crippen LogP contribution in [-0.4, -0.2) is 17.6 Å². The zero-order valence-electron chi connectivity index (χ0n) is 5.00. The molecule has 0 nitrogen and oxygen atoms in total. The lowest BCUT2D eigenvalue weighted by molar-refractivity contribution is 1.28. The Morgan fingerprint density at radius 1 is 1.44 bits per heavy atom. The summed E-state index contributed by atoms with van der Waals surface area (Å²) in [6.45, 7) is -0.397. The van der Waals surface area contributed by atoms with Crippen LogP contribution in [0.15, 0.2) is 0 Å². The second-order valence-corrected chi connectivity index (χ2v) is 10.7. The van der Waals surface area contributed by atoms with Crippen molar-refractivity contribution >= 4 is 52.1 Å². The molecule has 0 saturated heterocycles. The molecule has 0 N–H and O–H groups in total. The zero-order chi connectivity index (χ0) is 7.49. The predicted molar refractivity (Wildman–Crippen MR) is 48.3 cm³/mol. The van der Waals surface area contributed by atoms with Gasteiger partial charge in [0.25, 0.3) is 6.69 Å². The van der Waals surface area contributed by atoms with E-state index in [1.807, 2.05) is 0 Å².